The van der Waals surface area contributed by atoms with E-state index in [2.05, 4.69) is 24.1 Å². The van der Waals surface area contributed by atoms with Crippen LogP contribution < -0.4 is 5.32 Å². The number of piperidine rings is 1. The van der Waals surface area contributed by atoms with Gasteiger partial charge in [0.15, 0.2) is 0 Å². The number of rotatable bonds is 5. The van der Waals surface area contributed by atoms with E-state index in [4.69, 9.17) is 4.74 Å². The van der Waals surface area contributed by atoms with Crippen LogP contribution in [0.25, 0.3) is 0 Å². The van der Waals surface area contributed by atoms with Crippen LogP contribution >= 0.6 is 0 Å². The van der Waals surface area contributed by atoms with E-state index in [0.29, 0.717) is 12.1 Å². The largest absolute Gasteiger partial charge is 0.378 e. The third kappa shape index (κ3) is 4.52. The highest BCUT2D eigenvalue weighted by atomic mass is 16.5. The van der Waals surface area contributed by atoms with Crippen molar-refractivity contribution in [1.82, 2.24) is 10.2 Å². The lowest BCUT2D eigenvalue weighted by Gasteiger charge is -2.35. The van der Waals surface area contributed by atoms with Gasteiger partial charge in [-0.25, -0.2) is 0 Å². The zero-order valence-corrected chi connectivity index (χ0v) is 12.2. The maximum absolute atomic E-state index is 5.77. The van der Waals surface area contributed by atoms with Crippen LogP contribution in [0.15, 0.2) is 0 Å². The summed E-state index contributed by atoms with van der Waals surface area (Å²) in [4.78, 5) is 2.59. The molecule has 2 fully saturated rings. The van der Waals surface area contributed by atoms with E-state index in [1.54, 1.807) is 0 Å². The average Bonchev–Trinajstić information content (AvgIpc) is 2.40. The first-order chi connectivity index (χ1) is 8.75. The monoisotopic (exact) mass is 254 g/mol. The summed E-state index contributed by atoms with van der Waals surface area (Å²) in [5.41, 5.74) is 0. The molecule has 3 heteroatoms. The van der Waals surface area contributed by atoms with Crippen LogP contribution in [0.4, 0.5) is 0 Å². The highest BCUT2D eigenvalue weighted by molar-refractivity contribution is 4.79. The quantitative estimate of drug-likeness (QED) is 0.815. The third-order valence-corrected chi connectivity index (χ3v) is 4.43. The van der Waals surface area contributed by atoms with E-state index in [9.17, 15) is 0 Å². The highest BCUT2D eigenvalue weighted by Crippen LogP contribution is 2.16. The predicted molar refractivity (Wildman–Crippen MR) is 75.9 cm³/mol. The molecule has 0 aromatic heterocycles. The van der Waals surface area contributed by atoms with Gasteiger partial charge in [-0.15, -0.1) is 0 Å². The average molecular weight is 254 g/mol. The van der Waals surface area contributed by atoms with Crippen molar-refractivity contribution >= 4 is 0 Å². The molecule has 0 saturated carbocycles. The topological polar surface area (TPSA) is 24.5 Å². The molecular formula is C15H30N2O. The summed E-state index contributed by atoms with van der Waals surface area (Å²) < 4.78 is 5.77. The molecule has 1 N–H and O–H groups in total. The van der Waals surface area contributed by atoms with Crippen molar-refractivity contribution in [1.29, 1.82) is 0 Å². The van der Waals surface area contributed by atoms with Gasteiger partial charge >= 0.3 is 0 Å². The molecule has 1 atom stereocenters. The summed E-state index contributed by atoms with van der Waals surface area (Å²) >= 11 is 0. The number of hydrogen-bond donors (Lipinski definition) is 1. The second-order valence-electron chi connectivity index (χ2n) is 6.14. The van der Waals surface area contributed by atoms with Crippen molar-refractivity contribution in [3.05, 3.63) is 0 Å². The van der Waals surface area contributed by atoms with Gasteiger partial charge in [-0.1, -0.05) is 0 Å². The minimum absolute atomic E-state index is 0.530. The maximum Gasteiger partial charge on any atom is 0.0587 e. The molecule has 1 unspecified atom stereocenters. The Hall–Kier alpha value is -0.120. The first-order valence-electron chi connectivity index (χ1n) is 7.84. The van der Waals surface area contributed by atoms with E-state index in [0.717, 1.165) is 19.2 Å². The predicted octanol–water partition coefficient (Wildman–Crippen LogP) is 2.41. The highest BCUT2D eigenvalue weighted by Gasteiger charge is 2.20. The Balaban J connectivity index is 1.55. The Morgan fingerprint density at radius 2 is 1.94 bits per heavy atom. The molecule has 3 nitrogen and oxygen atoms in total. The minimum atomic E-state index is 0.530. The lowest BCUT2D eigenvalue weighted by atomic mass is 10.0. The molecule has 0 aromatic rings. The number of hydrogen-bond acceptors (Lipinski definition) is 3. The van der Waals surface area contributed by atoms with Crippen molar-refractivity contribution in [2.75, 3.05) is 26.2 Å². The van der Waals surface area contributed by atoms with Gasteiger partial charge < -0.3 is 15.0 Å². The molecule has 0 bridgehead atoms. The molecule has 0 amide bonds. The molecule has 106 valence electrons. The smallest absolute Gasteiger partial charge is 0.0587 e. The zero-order valence-electron chi connectivity index (χ0n) is 12.2. The number of ether oxygens (including phenoxy) is 1. The van der Waals surface area contributed by atoms with Gasteiger partial charge in [0.2, 0.25) is 0 Å². The molecule has 18 heavy (non-hydrogen) atoms. The normalized spacial score (nSPS) is 27.8. The molecular weight excluding hydrogens is 224 g/mol. The summed E-state index contributed by atoms with van der Waals surface area (Å²) in [5, 5.41) is 3.72. The Labute approximate surface area is 112 Å². The molecule has 0 spiro atoms. The van der Waals surface area contributed by atoms with Crippen LogP contribution in [0.3, 0.4) is 0 Å². The SMILES string of the molecule is CC(C)N1CCC(NCCC2CCCCO2)CC1. The second-order valence-corrected chi connectivity index (χ2v) is 6.14. The van der Waals surface area contributed by atoms with Crippen LogP contribution in [0.2, 0.25) is 0 Å². The summed E-state index contributed by atoms with van der Waals surface area (Å²) in [5.74, 6) is 0. The van der Waals surface area contributed by atoms with Crippen molar-refractivity contribution < 1.29 is 4.74 Å². The van der Waals surface area contributed by atoms with E-state index in [-0.39, 0.29) is 0 Å². The molecule has 2 saturated heterocycles. The van der Waals surface area contributed by atoms with Crippen LogP contribution in [0, 0.1) is 0 Å². The van der Waals surface area contributed by atoms with E-state index >= 15 is 0 Å². The Morgan fingerprint density at radius 1 is 1.17 bits per heavy atom. The summed E-state index contributed by atoms with van der Waals surface area (Å²) in [6.07, 6.45) is 8.24. The summed E-state index contributed by atoms with van der Waals surface area (Å²) in [6.45, 7) is 9.24. The number of nitrogens with zero attached hydrogens (tertiary/aromatic N) is 1. The molecule has 2 rings (SSSR count). The van der Waals surface area contributed by atoms with Crippen molar-refractivity contribution in [2.24, 2.45) is 0 Å². The van der Waals surface area contributed by atoms with Gasteiger partial charge in [-0.3, -0.25) is 0 Å². The van der Waals surface area contributed by atoms with Crippen molar-refractivity contribution in [3.63, 3.8) is 0 Å². The van der Waals surface area contributed by atoms with E-state index in [1.807, 2.05) is 0 Å². The van der Waals surface area contributed by atoms with Gasteiger partial charge in [-0.05, 0) is 72.0 Å². The molecule has 2 aliphatic rings. The van der Waals surface area contributed by atoms with E-state index in [1.165, 1.54) is 51.6 Å². The van der Waals surface area contributed by atoms with Gasteiger partial charge in [0.1, 0.15) is 0 Å². The zero-order chi connectivity index (χ0) is 12.8. The lowest BCUT2D eigenvalue weighted by molar-refractivity contribution is 0.0108. The Kier molecular flexibility index (Phi) is 5.93. The molecule has 2 heterocycles. The van der Waals surface area contributed by atoms with Gasteiger partial charge in [0, 0.05) is 18.7 Å². The standard InChI is InChI=1S/C15H30N2O/c1-13(2)17-10-7-14(8-11-17)16-9-6-15-5-3-4-12-18-15/h13-16H,3-12H2,1-2H3. The van der Waals surface area contributed by atoms with Gasteiger partial charge in [0.05, 0.1) is 6.10 Å². The van der Waals surface area contributed by atoms with E-state index < -0.39 is 0 Å². The fraction of sp³-hybridized carbons (Fsp3) is 1.00. The van der Waals surface area contributed by atoms with Crippen LogP contribution in [-0.2, 0) is 4.74 Å². The summed E-state index contributed by atoms with van der Waals surface area (Å²) in [7, 11) is 0. The third-order valence-electron chi connectivity index (χ3n) is 4.43. The Morgan fingerprint density at radius 3 is 2.56 bits per heavy atom. The number of nitrogens with one attached hydrogen (secondary N) is 1. The molecule has 2 aliphatic heterocycles. The van der Waals surface area contributed by atoms with Crippen LogP contribution in [-0.4, -0.2) is 49.3 Å². The molecule has 0 aliphatic carbocycles. The maximum atomic E-state index is 5.77. The first kappa shape index (κ1) is 14.3. The fourth-order valence-corrected chi connectivity index (χ4v) is 3.10. The Bertz CT molecular complexity index is 219. The second kappa shape index (κ2) is 7.46. The van der Waals surface area contributed by atoms with Crippen molar-refractivity contribution in [2.45, 2.75) is 70.6 Å². The van der Waals surface area contributed by atoms with Gasteiger partial charge in [-0.2, -0.15) is 0 Å². The molecule has 0 radical (unpaired) electrons. The summed E-state index contributed by atoms with van der Waals surface area (Å²) in [6, 6.07) is 1.45. The lowest BCUT2D eigenvalue weighted by Crippen LogP contribution is -2.45. The van der Waals surface area contributed by atoms with Gasteiger partial charge in [0.25, 0.3) is 0 Å². The minimum Gasteiger partial charge on any atom is -0.378 e. The molecule has 0 aromatic carbocycles. The van der Waals surface area contributed by atoms with Crippen LogP contribution in [0.5, 0.6) is 0 Å². The van der Waals surface area contributed by atoms with Crippen molar-refractivity contribution in [3.8, 4) is 0 Å². The van der Waals surface area contributed by atoms with Crippen LogP contribution in [0.1, 0.15) is 52.4 Å². The number of likely N-dealkylation sites (tertiary alicyclic amines) is 1. The fourth-order valence-electron chi connectivity index (χ4n) is 3.10. The first-order valence-corrected chi connectivity index (χ1v) is 7.84.